The number of nitrogens with zero attached hydrogens (tertiary/aromatic N) is 1. The topological polar surface area (TPSA) is 15.3 Å². The minimum absolute atomic E-state index is 0. The predicted molar refractivity (Wildman–Crippen MR) is 132 cm³/mol. The highest BCUT2D eigenvalue weighted by Gasteiger charge is 2.19. The molecule has 1 N–H and O–H groups in total. The highest BCUT2D eigenvalue weighted by Crippen LogP contribution is 2.27. The maximum Gasteiger partial charge on any atom is 0.123 e. The van der Waals surface area contributed by atoms with E-state index < -0.39 is 0 Å². The number of rotatable bonds is 8. The summed E-state index contributed by atoms with van der Waals surface area (Å²) < 4.78 is 13.0. The van der Waals surface area contributed by atoms with Crippen LogP contribution in [-0.4, -0.2) is 31.1 Å². The number of nitrogens with one attached hydrogen (secondary N) is 1. The first kappa shape index (κ1) is 27.0. The van der Waals surface area contributed by atoms with Crippen molar-refractivity contribution < 1.29 is 4.39 Å². The van der Waals surface area contributed by atoms with E-state index in [4.69, 9.17) is 11.6 Å². The Labute approximate surface area is 198 Å². The standard InChI is InChI=1S/C24H32ClFN2.2ClH/c1-18(2)23-9-8-22(17-24(23)25)27-12-3-13-28-14-10-20(11-15-28)16-19-4-6-21(26)7-5-19;;/h4-9,17-18,20,27H,3,10-16H2,1-2H3;2*1H. The summed E-state index contributed by atoms with van der Waals surface area (Å²) in [4.78, 5) is 2.57. The molecule has 30 heavy (non-hydrogen) atoms. The second kappa shape index (κ2) is 13.4. The lowest BCUT2D eigenvalue weighted by molar-refractivity contribution is 0.183. The number of anilines is 1. The molecule has 1 saturated heterocycles. The van der Waals surface area contributed by atoms with Gasteiger partial charge in [-0.15, -0.1) is 24.8 Å². The molecule has 0 amide bonds. The summed E-state index contributed by atoms with van der Waals surface area (Å²) >= 11 is 6.37. The fourth-order valence-corrected chi connectivity index (χ4v) is 4.41. The largest absolute Gasteiger partial charge is 0.385 e. The molecular weight excluding hydrogens is 442 g/mol. The molecule has 2 aromatic carbocycles. The minimum atomic E-state index is -0.148. The second-order valence-electron chi connectivity index (χ2n) is 8.29. The third-order valence-electron chi connectivity index (χ3n) is 5.75. The smallest absolute Gasteiger partial charge is 0.123 e. The van der Waals surface area contributed by atoms with E-state index in [1.165, 1.54) is 37.1 Å². The predicted octanol–water partition coefficient (Wildman–Crippen LogP) is 7.20. The Hall–Kier alpha value is -1.000. The van der Waals surface area contributed by atoms with E-state index >= 15 is 0 Å². The molecule has 0 radical (unpaired) electrons. The fourth-order valence-electron chi connectivity index (χ4n) is 4.01. The van der Waals surface area contributed by atoms with Crippen LogP contribution in [0, 0.1) is 11.7 Å². The minimum Gasteiger partial charge on any atom is -0.385 e. The average molecular weight is 476 g/mol. The Balaban J connectivity index is 0.00000225. The molecule has 0 atom stereocenters. The summed E-state index contributed by atoms with van der Waals surface area (Å²) in [5.41, 5.74) is 3.56. The van der Waals surface area contributed by atoms with Gasteiger partial charge in [0.2, 0.25) is 0 Å². The van der Waals surface area contributed by atoms with E-state index in [0.717, 1.165) is 42.6 Å². The van der Waals surface area contributed by atoms with Gasteiger partial charge in [-0.25, -0.2) is 4.39 Å². The van der Waals surface area contributed by atoms with Crippen LogP contribution in [-0.2, 0) is 6.42 Å². The highest BCUT2D eigenvalue weighted by molar-refractivity contribution is 6.31. The fraction of sp³-hybridized carbons (Fsp3) is 0.500. The first-order valence-corrected chi connectivity index (χ1v) is 10.9. The van der Waals surface area contributed by atoms with Crippen molar-refractivity contribution in [2.45, 2.75) is 45.4 Å². The Kier molecular flexibility index (Phi) is 12.1. The quantitative estimate of drug-likeness (QED) is 0.406. The zero-order chi connectivity index (χ0) is 19.9. The maximum atomic E-state index is 13.0. The molecular formula is C24H34Cl3FN2. The Bertz CT molecular complexity index is 745. The van der Waals surface area contributed by atoms with Gasteiger partial charge in [-0.3, -0.25) is 0 Å². The van der Waals surface area contributed by atoms with Gasteiger partial charge < -0.3 is 10.2 Å². The molecule has 0 aliphatic carbocycles. The van der Waals surface area contributed by atoms with Crippen LogP contribution in [0.4, 0.5) is 10.1 Å². The number of benzene rings is 2. The van der Waals surface area contributed by atoms with Gasteiger partial charge in [0.1, 0.15) is 5.82 Å². The Morgan fingerprint density at radius 2 is 1.73 bits per heavy atom. The molecule has 1 aliphatic rings. The van der Waals surface area contributed by atoms with E-state index in [-0.39, 0.29) is 30.6 Å². The number of hydrogen-bond donors (Lipinski definition) is 1. The summed E-state index contributed by atoms with van der Waals surface area (Å²) in [6.07, 6.45) is 4.67. The van der Waals surface area contributed by atoms with Gasteiger partial charge in [0.05, 0.1) is 0 Å². The maximum absolute atomic E-state index is 13.0. The Morgan fingerprint density at radius 3 is 2.33 bits per heavy atom. The van der Waals surface area contributed by atoms with Crippen LogP contribution in [0.25, 0.3) is 0 Å². The first-order chi connectivity index (χ1) is 13.5. The Morgan fingerprint density at radius 1 is 1.07 bits per heavy atom. The molecule has 0 saturated carbocycles. The van der Waals surface area contributed by atoms with Crippen molar-refractivity contribution in [2.75, 3.05) is 31.5 Å². The van der Waals surface area contributed by atoms with Crippen LogP contribution in [0.2, 0.25) is 5.02 Å². The molecule has 1 aliphatic heterocycles. The zero-order valence-corrected chi connectivity index (χ0v) is 20.3. The van der Waals surface area contributed by atoms with E-state index in [9.17, 15) is 4.39 Å². The molecule has 6 heteroatoms. The van der Waals surface area contributed by atoms with Crippen LogP contribution in [0.15, 0.2) is 42.5 Å². The molecule has 2 aromatic rings. The molecule has 0 bridgehead atoms. The molecule has 3 rings (SSSR count). The molecule has 0 spiro atoms. The van der Waals surface area contributed by atoms with Crippen molar-refractivity contribution >= 4 is 42.1 Å². The van der Waals surface area contributed by atoms with E-state index in [1.807, 2.05) is 18.2 Å². The lowest BCUT2D eigenvalue weighted by Crippen LogP contribution is -2.35. The third kappa shape index (κ3) is 8.26. The summed E-state index contributed by atoms with van der Waals surface area (Å²) in [7, 11) is 0. The van der Waals surface area contributed by atoms with Gasteiger partial charge in [-0.1, -0.05) is 43.6 Å². The number of halogens is 4. The zero-order valence-electron chi connectivity index (χ0n) is 17.9. The van der Waals surface area contributed by atoms with Crippen molar-refractivity contribution in [3.05, 3.63) is 64.4 Å². The van der Waals surface area contributed by atoms with Crippen molar-refractivity contribution in [2.24, 2.45) is 5.92 Å². The van der Waals surface area contributed by atoms with Gasteiger partial charge in [0.15, 0.2) is 0 Å². The summed E-state index contributed by atoms with van der Waals surface area (Å²) in [6.45, 7) is 8.76. The van der Waals surface area contributed by atoms with E-state index in [2.05, 4.69) is 36.2 Å². The van der Waals surface area contributed by atoms with Gasteiger partial charge in [0.25, 0.3) is 0 Å². The lowest BCUT2D eigenvalue weighted by Gasteiger charge is -2.32. The number of hydrogen-bond acceptors (Lipinski definition) is 2. The summed E-state index contributed by atoms with van der Waals surface area (Å²) in [5.74, 6) is 1.03. The second-order valence-corrected chi connectivity index (χ2v) is 8.69. The van der Waals surface area contributed by atoms with Crippen LogP contribution in [0.5, 0.6) is 0 Å². The van der Waals surface area contributed by atoms with Crippen molar-refractivity contribution in [1.82, 2.24) is 4.90 Å². The van der Waals surface area contributed by atoms with Crippen molar-refractivity contribution in [3.63, 3.8) is 0 Å². The van der Waals surface area contributed by atoms with E-state index in [1.54, 1.807) is 12.1 Å². The molecule has 0 unspecified atom stereocenters. The van der Waals surface area contributed by atoms with Gasteiger partial charge in [0, 0.05) is 17.3 Å². The third-order valence-corrected chi connectivity index (χ3v) is 6.07. The van der Waals surface area contributed by atoms with Crippen molar-refractivity contribution in [3.8, 4) is 0 Å². The first-order valence-electron chi connectivity index (χ1n) is 10.5. The average Bonchev–Trinajstić information content (AvgIpc) is 2.68. The molecule has 1 heterocycles. The van der Waals surface area contributed by atoms with Crippen LogP contribution >= 0.6 is 36.4 Å². The van der Waals surface area contributed by atoms with Gasteiger partial charge in [-0.2, -0.15) is 0 Å². The lowest BCUT2D eigenvalue weighted by atomic mass is 9.90. The van der Waals surface area contributed by atoms with Crippen LogP contribution in [0.3, 0.4) is 0 Å². The van der Waals surface area contributed by atoms with Crippen molar-refractivity contribution in [1.29, 1.82) is 0 Å². The number of piperidine rings is 1. The van der Waals surface area contributed by atoms with Gasteiger partial charge >= 0.3 is 0 Å². The number of likely N-dealkylation sites (tertiary alicyclic amines) is 1. The highest BCUT2D eigenvalue weighted by atomic mass is 35.5. The summed E-state index contributed by atoms with van der Waals surface area (Å²) in [6, 6.07) is 13.3. The normalized spacial score (nSPS) is 14.8. The molecule has 0 aromatic heterocycles. The van der Waals surface area contributed by atoms with Crippen LogP contribution < -0.4 is 5.32 Å². The SMILES string of the molecule is CC(C)c1ccc(NCCCN2CCC(Cc3ccc(F)cc3)CC2)cc1Cl.Cl.Cl. The molecule has 2 nitrogen and oxygen atoms in total. The van der Waals surface area contributed by atoms with Gasteiger partial charge in [-0.05, 0) is 92.5 Å². The monoisotopic (exact) mass is 474 g/mol. The van der Waals surface area contributed by atoms with E-state index in [0.29, 0.717) is 5.92 Å². The molecule has 168 valence electrons. The summed E-state index contributed by atoms with van der Waals surface area (Å²) in [5, 5.41) is 4.35. The van der Waals surface area contributed by atoms with Crippen LogP contribution in [0.1, 0.15) is 50.2 Å². The molecule has 1 fully saturated rings.